The molecule has 1 atom stereocenters. The van der Waals surface area contributed by atoms with Crippen LogP contribution in [0.4, 0.5) is 5.13 Å². The van der Waals surface area contributed by atoms with Gasteiger partial charge in [0.1, 0.15) is 10.5 Å². The highest BCUT2D eigenvalue weighted by Crippen LogP contribution is 2.26. The SMILES string of the molecule is Cc1ncc(CC(=O)N(CC2CCCO2)c2ncc(C(=O)NCc3ccc4nccn4c3)s2)s1. The van der Waals surface area contributed by atoms with Gasteiger partial charge in [0.05, 0.1) is 30.3 Å². The lowest BCUT2D eigenvalue weighted by Gasteiger charge is -2.22. The van der Waals surface area contributed by atoms with Gasteiger partial charge in [-0.1, -0.05) is 17.4 Å². The molecule has 0 spiro atoms. The number of carbonyl (C=O) groups is 2. The predicted molar refractivity (Wildman–Crippen MR) is 130 cm³/mol. The normalized spacial score (nSPS) is 15.6. The summed E-state index contributed by atoms with van der Waals surface area (Å²) < 4.78 is 7.67. The van der Waals surface area contributed by atoms with Crippen LogP contribution in [0.25, 0.3) is 5.65 Å². The van der Waals surface area contributed by atoms with E-state index >= 15 is 0 Å². The van der Waals surface area contributed by atoms with E-state index in [1.807, 2.05) is 35.9 Å². The summed E-state index contributed by atoms with van der Waals surface area (Å²) in [6.45, 7) is 3.43. The number of hydrogen-bond donors (Lipinski definition) is 1. The molecule has 1 saturated heterocycles. The second kappa shape index (κ2) is 10.00. The monoisotopic (exact) mass is 496 g/mol. The minimum atomic E-state index is -0.225. The molecule has 0 saturated carbocycles. The molecule has 1 aliphatic heterocycles. The Morgan fingerprint density at radius 3 is 2.94 bits per heavy atom. The molecule has 0 aliphatic carbocycles. The highest BCUT2D eigenvalue weighted by atomic mass is 32.1. The molecule has 1 unspecified atom stereocenters. The van der Waals surface area contributed by atoms with Crippen LogP contribution in [0.2, 0.25) is 0 Å². The van der Waals surface area contributed by atoms with Crippen LogP contribution in [0.3, 0.4) is 0 Å². The van der Waals surface area contributed by atoms with Gasteiger partial charge in [-0.15, -0.1) is 11.3 Å². The molecule has 4 aromatic rings. The molecule has 0 bridgehead atoms. The molecule has 1 fully saturated rings. The molecular weight excluding hydrogens is 472 g/mol. The molecule has 4 aromatic heterocycles. The fourth-order valence-corrected chi connectivity index (χ4v) is 5.49. The number of thiazole rings is 2. The van der Waals surface area contributed by atoms with Crippen LogP contribution in [-0.4, -0.2) is 50.4 Å². The summed E-state index contributed by atoms with van der Waals surface area (Å²) in [5, 5.41) is 4.36. The second-order valence-electron chi connectivity index (χ2n) is 8.08. The lowest BCUT2D eigenvalue weighted by Crippen LogP contribution is -2.38. The van der Waals surface area contributed by atoms with E-state index in [0.29, 0.717) is 29.7 Å². The van der Waals surface area contributed by atoms with Gasteiger partial charge in [-0.3, -0.25) is 14.5 Å². The fourth-order valence-electron chi connectivity index (χ4n) is 3.84. The maximum absolute atomic E-state index is 13.2. The van der Waals surface area contributed by atoms with E-state index in [1.165, 1.54) is 28.9 Å². The maximum atomic E-state index is 13.2. The maximum Gasteiger partial charge on any atom is 0.263 e. The van der Waals surface area contributed by atoms with Crippen molar-refractivity contribution in [1.29, 1.82) is 0 Å². The number of nitrogens with one attached hydrogen (secondary N) is 1. The van der Waals surface area contributed by atoms with Crippen molar-refractivity contribution in [2.45, 2.75) is 38.8 Å². The van der Waals surface area contributed by atoms with Crippen LogP contribution in [0.5, 0.6) is 0 Å². The first-order valence-electron chi connectivity index (χ1n) is 11.0. The molecule has 2 amide bonds. The van der Waals surface area contributed by atoms with Crippen LogP contribution in [0, 0.1) is 6.92 Å². The van der Waals surface area contributed by atoms with Crippen molar-refractivity contribution in [2.75, 3.05) is 18.1 Å². The Labute approximate surface area is 204 Å². The van der Waals surface area contributed by atoms with Crippen LogP contribution >= 0.6 is 22.7 Å². The van der Waals surface area contributed by atoms with Crippen molar-refractivity contribution in [3.8, 4) is 0 Å². The van der Waals surface area contributed by atoms with Gasteiger partial charge >= 0.3 is 0 Å². The van der Waals surface area contributed by atoms with Crippen molar-refractivity contribution in [3.63, 3.8) is 0 Å². The van der Waals surface area contributed by atoms with Crippen molar-refractivity contribution in [1.82, 2.24) is 24.7 Å². The zero-order chi connectivity index (χ0) is 23.5. The van der Waals surface area contributed by atoms with Gasteiger partial charge in [-0.25, -0.2) is 15.0 Å². The number of amides is 2. The number of fused-ring (bicyclic) bond motifs is 1. The van der Waals surface area contributed by atoms with E-state index in [4.69, 9.17) is 4.74 Å². The molecule has 1 aliphatic rings. The van der Waals surface area contributed by atoms with E-state index in [9.17, 15) is 9.59 Å². The van der Waals surface area contributed by atoms with Crippen molar-refractivity contribution >= 4 is 45.3 Å². The molecule has 9 nitrogen and oxygen atoms in total. The van der Waals surface area contributed by atoms with E-state index in [1.54, 1.807) is 17.3 Å². The first-order valence-corrected chi connectivity index (χ1v) is 12.7. The number of aromatic nitrogens is 4. The number of hydrogen-bond acceptors (Lipinski definition) is 8. The van der Waals surface area contributed by atoms with Gasteiger partial charge in [-0.05, 0) is 31.4 Å². The van der Waals surface area contributed by atoms with Gasteiger partial charge in [0.25, 0.3) is 5.91 Å². The number of rotatable bonds is 8. The zero-order valence-electron chi connectivity index (χ0n) is 18.6. The predicted octanol–water partition coefficient (Wildman–Crippen LogP) is 3.24. The molecular formula is C23H24N6O3S2. The molecule has 176 valence electrons. The zero-order valence-corrected chi connectivity index (χ0v) is 20.3. The Kier molecular flexibility index (Phi) is 6.66. The lowest BCUT2D eigenvalue weighted by molar-refractivity contribution is -0.118. The number of imidazole rings is 1. The van der Waals surface area contributed by atoms with Crippen molar-refractivity contribution in [3.05, 3.63) is 63.4 Å². The largest absolute Gasteiger partial charge is 0.376 e. The van der Waals surface area contributed by atoms with Gasteiger partial charge in [-0.2, -0.15) is 0 Å². The third-order valence-electron chi connectivity index (χ3n) is 5.56. The first kappa shape index (κ1) is 22.6. The van der Waals surface area contributed by atoms with Gasteiger partial charge < -0.3 is 14.5 Å². The third-order valence-corrected chi connectivity index (χ3v) is 7.49. The number of carbonyl (C=O) groups excluding carboxylic acids is 2. The van der Waals surface area contributed by atoms with E-state index < -0.39 is 0 Å². The molecule has 5 heterocycles. The molecule has 5 rings (SSSR count). The summed E-state index contributed by atoms with van der Waals surface area (Å²) in [7, 11) is 0. The highest BCUT2D eigenvalue weighted by molar-refractivity contribution is 7.17. The summed E-state index contributed by atoms with van der Waals surface area (Å²) >= 11 is 2.73. The Bertz CT molecular complexity index is 1310. The number of pyridine rings is 1. The smallest absolute Gasteiger partial charge is 0.263 e. The summed E-state index contributed by atoms with van der Waals surface area (Å²) in [4.78, 5) is 41.9. The molecule has 1 N–H and O–H groups in total. The Morgan fingerprint density at radius 2 is 2.15 bits per heavy atom. The fraction of sp³-hybridized carbons (Fsp3) is 0.348. The van der Waals surface area contributed by atoms with Crippen LogP contribution < -0.4 is 10.2 Å². The topological polar surface area (TPSA) is 102 Å². The Hall–Kier alpha value is -3.15. The standard InChI is InChI=1S/C23H24N6O3S2/c1-15-25-11-18(33-15)9-21(30)29(14-17-3-2-8-32-17)23-27-12-19(34-23)22(31)26-10-16-4-5-20-24-6-7-28(20)13-16/h4-7,11-13,17H,2-3,8-10,14H2,1H3,(H,26,31). The quantitative estimate of drug-likeness (QED) is 0.402. The third kappa shape index (κ3) is 5.16. The van der Waals surface area contributed by atoms with Crippen molar-refractivity contribution in [2.24, 2.45) is 0 Å². The number of anilines is 1. The van der Waals surface area contributed by atoms with E-state index in [0.717, 1.165) is 33.9 Å². The molecule has 34 heavy (non-hydrogen) atoms. The van der Waals surface area contributed by atoms with Crippen LogP contribution in [-0.2, 0) is 22.5 Å². The van der Waals surface area contributed by atoms with Crippen LogP contribution in [0.15, 0.2) is 43.1 Å². The van der Waals surface area contributed by atoms with Gasteiger partial charge in [0.15, 0.2) is 5.13 Å². The molecule has 11 heteroatoms. The lowest BCUT2D eigenvalue weighted by atomic mass is 10.2. The summed E-state index contributed by atoms with van der Waals surface area (Å²) in [6.07, 6.45) is 10.9. The number of nitrogens with zero attached hydrogens (tertiary/aromatic N) is 5. The first-order chi connectivity index (χ1) is 16.5. The van der Waals surface area contributed by atoms with E-state index in [2.05, 4.69) is 20.3 Å². The van der Waals surface area contributed by atoms with E-state index in [-0.39, 0.29) is 24.3 Å². The second-order valence-corrected chi connectivity index (χ2v) is 10.4. The minimum absolute atomic E-state index is 0.0218. The number of aryl methyl sites for hydroxylation is 1. The van der Waals surface area contributed by atoms with Crippen molar-refractivity contribution < 1.29 is 14.3 Å². The molecule has 0 aromatic carbocycles. The van der Waals surface area contributed by atoms with Crippen LogP contribution in [0.1, 0.15) is 38.0 Å². The van der Waals surface area contributed by atoms with Gasteiger partial charge in [0, 0.05) is 42.8 Å². The molecule has 0 radical (unpaired) electrons. The highest BCUT2D eigenvalue weighted by Gasteiger charge is 2.27. The average molecular weight is 497 g/mol. The minimum Gasteiger partial charge on any atom is -0.376 e. The Morgan fingerprint density at radius 1 is 1.24 bits per heavy atom. The number of ether oxygens (including phenoxy) is 1. The Balaban J connectivity index is 1.27. The summed E-state index contributed by atoms with van der Waals surface area (Å²) in [6, 6.07) is 3.84. The van der Waals surface area contributed by atoms with Gasteiger partial charge in [0.2, 0.25) is 5.91 Å². The summed E-state index contributed by atoms with van der Waals surface area (Å²) in [5.74, 6) is -0.300. The summed E-state index contributed by atoms with van der Waals surface area (Å²) in [5.41, 5.74) is 1.81. The average Bonchev–Trinajstić information content (AvgIpc) is 3.63.